The third-order valence-corrected chi connectivity index (χ3v) is 4.97. The van der Waals surface area contributed by atoms with Crippen molar-refractivity contribution in [3.63, 3.8) is 0 Å². The molecule has 122 valence electrons. The average Bonchev–Trinajstić information content (AvgIpc) is 2.85. The fourth-order valence-electron chi connectivity index (χ4n) is 2.24. The fraction of sp³-hybridized carbons (Fsp3) is 0.0588. The Bertz CT molecular complexity index is 869. The van der Waals surface area contributed by atoms with Gasteiger partial charge in [0, 0.05) is 5.56 Å². The monoisotopic (exact) mass is 379 g/mol. The highest BCUT2D eigenvalue weighted by Gasteiger charge is 2.33. The van der Waals surface area contributed by atoms with Gasteiger partial charge in [0.25, 0.3) is 5.91 Å². The minimum Gasteiger partial charge on any atom is -0.496 e. The van der Waals surface area contributed by atoms with Gasteiger partial charge in [0.1, 0.15) is 11.6 Å². The van der Waals surface area contributed by atoms with E-state index in [2.05, 4.69) is 0 Å². The predicted molar refractivity (Wildman–Crippen MR) is 100 cm³/mol. The molecule has 0 aromatic heterocycles. The number of carbonyl (C=O) groups is 1. The van der Waals surface area contributed by atoms with Crippen molar-refractivity contribution in [2.24, 2.45) is 0 Å². The molecular weight excluding hydrogens is 369 g/mol. The Morgan fingerprint density at radius 3 is 2.75 bits per heavy atom. The topological polar surface area (TPSA) is 29.5 Å². The molecule has 0 aliphatic carbocycles. The van der Waals surface area contributed by atoms with E-state index in [-0.39, 0.29) is 10.9 Å². The summed E-state index contributed by atoms with van der Waals surface area (Å²) in [7, 11) is 1.57. The highest BCUT2D eigenvalue weighted by atomic mass is 35.5. The van der Waals surface area contributed by atoms with Crippen LogP contribution in [-0.4, -0.2) is 17.3 Å². The number of para-hydroxylation sites is 1. The van der Waals surface area contributed by atoms with Gasteiger partial charge < -0.3 is 4.74 Å². The van der Waals surface area contributed by atoms with Crippen LogP contribution in [0.5, 0.6) is 5.75 Å². The third-order valence-electron chi connectivity index (χ3n) is 3.38. The van der Waals surface area contributed by atoms with E-state index in [1.807, 2.05) is 24.3 Å². The summed E-state index contributed by atoms with van der Waals surface area (Å²) in [6.07, 6.45) is 1.73. The molecule has 3 nitrogen and oxygen atoms in total. The lowest BCUT2D eigenvalue weighted by atomic mass is 10.2. The van der Waals surface area contributed by atoms with E-state index in [4.69, 9.17) is 28.6 Å². The van der Waals surface area contributed by atoms with Crippen LogP contribution in [0, 0.1) is 5.82 Å². The molecule has 1 fully saturated rings. The summed E-state index contributed by atoms with van der Waals surface area (Å²) < 4.78 is 19.0. The van der Waals surface area contributed by atoms with E-state index in [0.29, 0.717) is 20.7 Å². The lowest BCUT2D eigenvalue weighted by Crippen LogP contribution is -2.27. The van der Waals surface area contributed by atoms with Crippen molar-refractivity contribution in [3.05, 3.63) is 63.8 Å². The SMILES string of the molecule is COc1ccccc1C=C1SC(=S)N(c2ccc(F)c(Cl)c2)C1=O. The van der Waals surface area contributed by atoms with Crippen LogP contribution in [0.4, 0.5) is 10.1 Å². The summed E-state index contributed by atoms with van der Waals surface area (Å²) in [5.74, 6) is -0.165. The molecule has 1 saturated heterocycles. The fourth-order valence-corrected chi connectivity index (χ4v) is 3.71. The zero-order valence-electron chi connectivity index (χ0n) is 12.5. The number of rotatable bonds is 3. The van der Waals surface area contributed by atoms with E-state index < -0.39 is 5.82 Å². The predicted octanol–water partition coefficient (Wildman–Crippen LogP) is 4.89. The zero-order valence-corrected chi connectivity index (χ0v) is 14.8. The third kappa shape index (κ3) is 3.17. The summed E-state index contributed by atoms with van der Waals surface area (Å²) in [5.41, 5.74) is 1.21. The van der Waals surface area contributed by atoms with Gasteiger partial charge in [-0.25, -0.2) is 4.39 Å². The number of hydrogen-bond acceptors (Lipinski definition) is 4. The molecule has 3 rings (SSSR count). The molecule has 0 saturated carbocycles. The average molecular weight is 380 g/mol. The molecule has 0 radical (unpaired) electrons. The van der Waals surface area contributed by atoms with Gasteiger partial charge >= 0.3 is 0 Å². The molecule has 1 aliphatic rings. The van der Waals surface area contributed by atoms with Gasteiger partial charge in [-0.15, -0.1) is 0 Å². The Labute approximate surface area is 153 Å². The maximum Gasteiger partial charge on any atom is 0.270 e. The normalized spacial score (nSPS) is 16.1. The molecule has 2 aromatic rings. The van der Waals surface area contributed by atoms with Crippen molar-refractivity contribution in [3.8, 4) is 5.75 Å². The second kappa shape index (κ2) is 6.93. The number of anilines is 1. The van der Waals surface area contributed by atoms with Gasteiger partial charge in [0.05, 0.1) is 22.7 Å². The largest absolute Gasteiger partial charge is 0.496 e. The molecule has 0 unspecified atom stereocenters. The van der Waals surface area contributed by atoms with E-state index in [0.717, 1.165) is 5.56 Å². The number of halogens is 2. The van der Waals surface area contributed by atoms with Crippen LogP contribution in [-0.2, 0) is 4.79 Å². The number of thiocarbonyl (C=S) groups is 1. The Balaban J connectivity index is 1.97. The van der Waals surface area contributed by atoms with Crippen LogP contribution in [0.25, 0.3) is 6.08 Å². The minimum absolute atomic E-state index is 0.0599. The summed E-state index contributed by atoms with van der Waals surface area (Å²) in [5, 5.41) is -0.0599. The molecule has 1 aliphatic heterocycles. The molecule has 0 spiro atoms. The number of benzene rings is 2. The highest BCUT2D eigenvalue weighted by Crippen LogP contribution is 2.37. The molecular formula is C17H11ClFNO2S2. The van der Waals surface area contributed by atoms with E-state index in [1.54, 1.807) is 13.2 Å². The standard InChI is InChI=1S/C17H11ClFNO2S2/c1-22-14-5-3-2-4-10(14)8-15-16(21)20(17(23)24-15)11-6-7-13(19)12(18)9-11/h2-9H,1H3. The van der Waals surface area contributed by atoms with Gasteiger partial charge in [0.2, 0.25) is 0 Å². The molecule has 0 bridgehead atoms. The first kappa shape index (κ1) is 17.0. The maximum absolute atomic E-state index is 13.3. The zero-order chi connectivity index (χ0) is 17.3. The summed E-state index contributed by atoms with van der Waals surface area (Å²) in [4.78, 5) is 14.5. The summed E-state index contributed by atoms with van der Waals surface area (Å²) in [6.45, 7) is 0. The quantitative estimate of drug-likeness (QED) is 0.560. The van der Waals surface area contributed by atoms with E-state index in [9.17, 15) is 9.18 Å². The van der Waals surface area contributed by atoms with Crippen LogP contribution in [0.15, 0.2) is 47.4 Å². The first-order valence-electron chi connectivity index (χ1n) is 6.87. The van der Waals surface area contributed by atoms with Gasteiger partial charge in [-0.2, -0.15) is 0 Å². The van der Waals surface area contributed by atoms with Gasteiger partial charge in [-0.3, -0.25) is 9.69 Å². The van der Waals surface area contributed by atoms with Crippen molar-refractivity contribution in [2.45, 2.75) is 0 Å². The van der Waals surface area contributed by atoms with Gasteiger partial charge in [-0.1, -0.05) is 53.8 Å². The van der Waals surface area contributed by atoms with Crippen LogP contribution < -0.4 is 9.64 Å². The Hall–Kier alpha value is -1.89. The van der Waals surface area contributed by atoms with Crippen molar-refractivity contribution in [1.29, 1.82) is 0 Å². The molecule has 7 heteroatoms. The second-order valence-electron chi connectivity index (χ2n) is 4.86. The van der Waals surface area contributed by atoms with Crippen LogP contribution in [0.3, 0.4) is 0 Å². The van der Waals surface area contributed by atoms with Crippen molar-refractivity contribution >= 4 is 57.6 Å². The van der Waals surface area contributed by atoms with Crippen molar-refractivity contribution in [2.75, 3.05) is 12.0 Å². The summed E-state index contributed by atoms with van der Waals surface area (Å²) >= 11 is 12.3. The smallest absolute Gasteiger partial charge is 0.270 e. The second-order valence-corrected chi connectivity index (χ2v) is 6.94. The number of ether oxygens (including phenoxy) is 1. The highest BCUT2D eigenvalue weighted by molar-refractivity contribution is 8.27. The molecule has 1 heterocycles. The van der Waals surface area contributed by atoms with Crippen LogP contribution in [0.2, 0.25) is 5.02 Å². The molecule has 1 amide bonds. The number of hydrogen-bond donors (Lipinski definition) is 0. The number of carbonyl (C=O) groups excluding carboxylic acids is 1. The number of thioether (sulfide) groups is 1. The Kier molecular flexibility index (Phi) is 4.89. The minimum atomic E-state index is -0.546. The lowest BCUT2D eigenvalue weighted by molar-refractivity contribution is -0.113. The maximum atomic E-state index is 13.3. The first-order valence-corrected chi connectivity index (χ1v) is 8.47. The number of amides is 1. The Morgan fingerprint density at radius 1 is 1.29 bits per heavy atom. The molecule has 0 atom stereocenters. The number of methoxy groups -OCH3 is 1. The van der Waals surface area contributed by atoms with Crippen LogP contribution in [0.1, 0.15) is 5.56 Å². The Morgan fingerprint density at radius 2 is 2.04 bits per heavy atom. The van der Waals surface area contributed by atoms with Gasteiger partial charge in [-0.05, 0) is 30.3 Å². The van der Waals surface area contributed by atoms with Crippen molar-refractivity contribution in [1.82, 2.24) is 0 Å². The van der Waals surface area contributed by atoms with Crippen LogP contribution >= 0.6 is 35.6 Å². The molecule has 2 aromatic carbocycles. The van der Waals surface area contributed by atoms with E-state index >= 15 is 0 Å². The van der Waals surface area contributed by atoms with Gasteiger partial charge in [0.15, 0.2) is 4.32 Å². The lowest BCUT2D eigenvalue weighted by Gasteiger charge is -2.14. The number of nitrogens with zero attached hydrogens (tertiary/aromatic N) is 1. The van der Waals surface area contributed by atoms with Crippen molar-refractivity contribution < 1.29 is 13.9 Å². The van der Waals surface area contributed by atoms with E-state index in [1.165, 1.54) is 34.9 Å². The summed E-state index contributed by atoms with van der Waals surface area (Å²) in [6, 6.07) is 11.4. The first-order chi connectivity index (χ1) is 11.5. The molecule has 0 N–H and O–H groups in total. The molecule has 24 heavy (non-hydrogen) atoms.